The minimum Gasteiger partial charge on any atom is -0.467 e. The summed E-state index contributed by atoms with van der Waals surface area (Å²) in [4.78, 5) is 37.2. The van der Waals surface area contributed by atoms with Crippen LogP contribution >= 0.6 is 0 Å². The van der Waals surface area contributed by atoms with Crippen molar-refractivity contribution in [1.82, 2.24) is 4.90 Å². The number of likely N-dealkylation sites (tertiary alicyclic amines) is 1. The van der Waals surface area contributed by atoms with Crippen molar-refractivity contribution in [3.8, 4) is 0 Å². The third-order valence-electron chi connectivity index (χ3n) is 4.43. The molecular weight excluding hydrogens is 234 g/mol. The van der Waals surface area contributed by atoms with Crippen LogP contribution in [0, 0.1) is 23.7 Å². The second-order valence-electron chi connectivity index (χ2n) is 5.25. The summed E-state index contributed by atoms with van der Waals surface area (Å²) >= 11 is 0. The normalized spacial score (nSPS) is 38.2. The van der Waals surface area contributed by atoms with Crippen molar-refractivity contribution in [1.29, 1.82) is 0 Å². The van der Waals surface area contributed by atoms with E-state index in [2.05, 4.69) is 4.74 Å². The number of rotatable bonds is 2. The Bertz CT molecular complexity index is 440. The van der Waals surface area contributed by atoms with E-state index in [4.69, 9.17) is 0 Å². The monoisotopic (exact) mass is 249 g/mol. The van der Waals surface area contributed by atoms with Crippen LogP contribution < -0.4 is 0 Å². The Morgan fingerprint density at radius 3 is 2.22 bits per heavy atom. The molecule has 0 aromatic heterocycles. The molecule has 1 saturated carbocycles. The standard InChI is InChI=1S/C13H15NO4/c1-6(13(17)18-2)14-11(15)9-7-3-4-8(5-7)10(9)12(14)16/h3-4,6-10H,5H2,1-2H3/t6-,7-,8-,9-,10+/m0/s1. The van der Waals surface area contributed by atoms with Crippen molar-refractivity contribution < 1.29 is 19.1 Å². The largest absolute Gasteiger partial charge is 0.467 e. The molecule has 2 fully saturated rings. The summed E-state index contributed by atoms with van der Waals surface area (Å²) in [6.45, 7) is 1.54. The number of hydrogen-bond acceptors (Lipinski definition) is 4. The number of carbonyl (C=O) groups excluding carboxylic acids is 3. The summed E-state index contributed by atoms with van der Waals surface area (Å²) in [7, 11) is 1.26. The number of ether oxygens (including phenoxy) is 1. The van der Waals surface area contributed by atoms with E-state index in [0.717, 1.165) is 11.3 Å². The lowest BCUT2D eigenvalue weighted by atomic mass is 9.85. The number of fused-ring (bicyclic) bond motifs is 5. The van der Waals surface area contributed by atoms with Gasteiger partial charge in [0.05, 0.1) is 18.9 Å². The Hall–Kier alpha value is -1.65. The van der Waals surface area contributed by atoms with Crippen LogP contribution in [-0.2, 0) is 19.1 Å². The Balaban J connectivity index is 1.90. The van der Waals surface area contributed by atoms with Crippen molar-refractivity contribution in [2.75, 3.05) is 7.11 Å². The van der Waals surface area contributed by atoms with E-state index in [1.54, 1.807) is 0 Å². The Labute approximate surface area is 105 Å². The van der Waals surface area contributed by atoms with Crippen molar-refractivity contribution in [3.05, 3.63) is 12.2 Å². The predicted molar refractivity (Wildman–Crippen MR) is 61.0 cm³/mol. The molecule has 0 radical (unpaired) electrons. The lowest BCUT2D eigenvalue weighted by molar-refractivity contribution is -0.156. The fourth-order valence-corrected chi connectivity index (χ4v) is 3.58. The van der Waals surface area contributed by atoms with Gasteiger partial charge in [-0.2, -0.15) is 0 Å². The summed E-state index contributed by atoms with van der Waals surface area (Å²) in [6.07, 6.45) is 4.96. The summed E-state index contributed by atoms with van der Waals surface area (Å²) < 4.78 is 4.61. The zero-order chi connectivity index (χ0) is 13.0. The molecular formula is C13H15NO4. The Morgan fingerprint density at radius 1 is 1.28 bits per heavy atom. The molecule has 5 heteroatoms. The van der Waals surface area contributed by atoms with E-state index in [9.17, 15) is 14.4 Å². The van der Waals surface area contributed by atoms with E-state index in [1.165, 1.54) is 14.0 Å². The molecule has 5 nitrogen and oxygen atoms in total. The molecule has 1 saturated heterocycles. The van der Waals surface area contributed by atoms with E-state index < -0.39 is 12.0 Å². The molecule has 5 atom stereocenters. The maximum Gasteiger partial charge on any atom is 0.328 e. The quantitative estimate of drug-likeness (QED) is 0.402. The van der Waals surface area contributed by atoms with Gasteiger partial charge in [-0.3, -0.25) is 14.5 Å². The molecule has 2 amide bonds. The molecule has 0 unspecified atom stereocenters. The van der Waals surface area contributed by atoms with Crippen LogP contribution in [0.25, 0.3) is 0 Å². The van der Waals surface area contributed by atoms with Gasteiger partial charge in [-0.05, 0) is 25.2 Å². The van der Waals surface area contributed by atoms with E-state index in [0.29, 0.717) is 0 Å². The average molecular weight is 249 g/mol. The lowest BCUT2D eigenvalue weighted by Crippen LogP contribution is -2.45. The summed E-state index contributed by atoms with van der Waals surface area (Å²) in [5, 5.41) is 0. The third-order valence-corrected chi connectivity index (χ3v) is 4.43. The number of esters is 1. The SMILES string of the molecule is COC(=O)[C@H](C)N1C(=O)[C@@H]2[C@H](C1=O)[C@H]1C=C[C@H]2C1. The molecule has 2 bridgehead atoms. The van der Waals surface area contributed by atoms with Crippen molar-refractivity contribution >= 4 is 17.8 Å². The maximum absolute atomic E-state index is 12.3. The minimum atomic E-state index is -0.819. The highest BCUT2D eigenvalue weighted by atomic mass is 16.5. The second kappa shape index (κ2) is 3.67. The number of methoxy groups -OCH3 is 1. The highest BCUT2D eigenvalue weighted by Gasteiger charge is 2.60. The average Bonchev–Trinajstić information content (AvgIpc) is 3.02. The smallest absolute Gasteiger partial charge is 0.328 e. The number of allylic oxidation sites excluding steroid dienone is 2. The van der Waals surface area contributed by atoms with Gasteiger partial charge in [0, 0.05) is 0 Å². The van der Waals surface area contributed by atoms with E-state index in [-0.39, 0.29) is 35.5 Å². The molecule has 18 heavy (non-hydrogen) atoms. The summed E-state index contributed by atoms with van der Waals surface area (Å²) in [5.41, 5.74) is 0. The fraction of sp³-hybridized carbons (Fsp3) is 0.615. The molecule has 0 aromatic rings. The van der Waals surface area contributed by atoms with Crippen LogP contribution in [0.15, 0.2) is 12.2 Å². The Kier molecular flexibility index (Phi) is 2.33. The highest BCUT2D eigenvalue weighted by Crippen LogP contribution is 2.52. The van der Waals surface area contributed by atoms with Crippen LogP contribution in [0.5, 0.6) is 0 Å². The van der Waals surface area contributed by atoms with E-state index in [1.807, 2.05) is 12.2 Å². The summed E-state index contributed by atoms with van der Waals surface area (Å²) in [6, 6.07) is -0.819. The Morgan fingerprint density at radius 2 is 1.78 bits per heavy atom. The minimum absolute atomic E-state index is 0.172. The van der Waals surface area contributed by atoms with Gasteiger partial charge in [-0.15, -0.1) is 0 Å². The fourth-order valence-electron chi connectivity index (χ4n) is 3.58. The van der Waals surface area contributed by atoms with Crippen molar-refractivity contribution in [2.45, 2.75) is 19.4 Å². The van der Waals surface area contributed by atoms with Crippen molar-refractivity contribution in [3.63, 3.8) is 0 Å². The number of nitrogens with zero attached hydrogens (tertiary/aromatic N) is 1. The molecule has 1 aliphatic heterocycles. The first-order valence-electron chi connectivity index (χ1n) is 6.19. The topological polar surface area (TPSA) is 63.7 Å². The molecule has 96 valence electrons. The molecule has 1 heterocycles. The third kappa shape index (κ3) is 1.24. The van der Waals surface area contributed by atoms with Gasteiger partial charge in [-0.1, -0.05) is 12.2 Å². The van der Waals surface area contributed by atoms with E-state index >= 15 is 0 Å². The van der Waals surface area contributed by atoms with Gasteiger partial charge in [0.25, 0.3) is 0 Å². The molecule has 3 aliphatic rings. The molecule has 0 aromatic carbocycles. The van der Waals surface area contributed by atoms with Crippen LogP contribution in [0.2, 0.25) is 0 Å². The van der Waals surface area contributed by atoms with Gasteiger partial charge in [0.15, 0.2) is 0 Å². The van der Waals surface area contributed by atoms with Gasteiger partial charge in [0.1, 0.15) is 6.04 Å². The van der Waals surface area contributed by atoms with Crippen LogP contribution in [0.3, 0.4) is 0 Å². The van der Waals surface area contributed by atoms with Gasteiger partial charge in [0.2, 0.25) is 11.8 Å². The number of imide groups is 1. The maximum atomic E-state index is 12.3. The predicted octanol–water partition coefficient (Wildman–Crippen LogP) is 0.355. The van der Waals surface area contributed by atoms with Gasteiger partial charge < -0.3 is 4.74 Å². The number of carbonyl (C=O) groups is 3. The zero-order valence-electron chi connectivity index (χ0n) is 10.3. The molecule has 2 aliphatic carbocycles. The van der Waals surface area contributed by atoms with Crippen LogP contribution in [0.4, 0.5) is 0 Å². The first-order chi connectivity index (χ1) is 8.56. The molecule has 3 rings (SSSR count). The number of amides is 2. The molecule has 0 N–H and O–H groups in total. The highest BCUT2D eigenvalue weighted by molar-refractivity contribution is 6.08. The zero-order valence-corrected chi connectivity index (χ0v) is 10.3. The molecule has 0 spiro atoms. The first kappa shape index (κ1) is 11.4. The van der Waals surface area contributed by atoms with Crippen LogP contribution in [0.1, 0.15) is 13.3 Å². The van der Waals surface area contributed by atoms with Gasteiger partial charge in [-0.25, -0.2) is 4.79 Å². The van der Waals surface area contributed by atoms with Gasteiger partial charge >= 0.3 is 5.97 Å². The van der Waals surface area contributed by atoms with Crippen LogP contribution in [-0.4, -0.2) is 35.8 Å². The number of hydrogen-bond donors (Lipinski definition) is 0. The lowest BCUT2D eigenvalue weighted by Gasteiger charge is -2.22. The second-order valence-corrected chi connectivity index (χ2v) is 5.25. The van der Waals surface area contributed by atoms with Crippen molar-refractivity contribution in [2.24, 2.45) is 23.7 Å². The first-order valence-corrected chi connectivity index (χ1v) is 6.19. The summed E-state index contributed by atoms with van der Waals surface area (Å²) in [5.74, 6) is -1.12.